The van der Waals surface area contributed by atoms with E-state index in [0.29, 0.717) is 17.5 Å². The Morgan fingerprint density at radius 3 is 2.81 bits per heavy atom. The first-order chi connectivity index (χ1) is 10.2. The third-order valence-electron chi connectivity index (χ3n) is 3.13. The first kappa shape index (κ1) is 14.1. The number of hydrogen-bond donors (Lipinski definition) is 1. The van der Waals surface area contributed by atoms with Gasteiger partial charge in [0, 0.05) is 24.6 Å². The number of halogens is 2. The smallest absolute Gasteiger partial charge is 0.224 e. The molecule has 1 aliphatic rings. The Kier molecular flexibility index (Phi) is 3.92. The van der Waals surface area contributed by atoms with Gasteiger partial charge in [0.1, 0.15) is 23.2 Å². The zero-order chi connectivity index (χ0) is 14.8. The van der Waals surface area contributed by atoms with Gasteiger partial charge in [-0.15, -0.1) is 0 Å². The highest BCUT2D eigenvalue weighted by atomic mass is 35.5. The molecule has 0 unspecified atom stereocenters. The van der Waals surface area contributed by atoms with Gasteiger partial charge in [0.25, 0.3) is 0 Å². The van der Waals surface area contributed by atoms with Gasteiger partial charge in [-0.3, -0.25) is 0 Å². The van der Waals surface area contributed by atoms with E-state index >= 15 is 0 Å². The van der Waals surface area contributed by atoms with Crippen molar-refractivity contribution in [1.29, 1.82) is 0 Å². The van der Waals surface area contributed by atoms with E-state index in [1.165, 1.54) is 12.1 Å². The third-order valence-corrected chi connectivity index (χ3v) is 3.44. The Labute approximate surface area is 127 Å². The standard InChI is InChI=1S/C15H15ClFN3O/c1-2-18-13-8-14(20-15(19-13)9-3-4-9)21-10-5-6-11(16)12(17)7-10/h5-9H,2-4H2,1H3,(H,18,19,20). The van der Waals surface area contributed by atoms with E-state index in [2.05, 4.69) is 15.3 Å². The van der Waals surface area contributed by atoms with Crippen molar-refractivity contribution in [2.24, 2.45) is 0 Å². The largest absolute Gasteiger partial charge is 0.439 e. The van der Waals surface area contributed by atoms with Crippen molar-refractivity contribution in [3.63, 3.8) is 0 Å². The third kappa shape index (κ3) is 3.42. The highest BCUT2D eigenvalue weighted by Gasteiger charge is 2.27. The molecule has 110 valence electrons. The molecule has 2 aromatic rings. The highest BCUT2D eigenvalue weighted by molar-refractivity contribution is 6.30. The van der Waals surface area contributed by atoms with Gasteiger partial charge in [-0.1, -0.05) is 11.6 Å². The van der Waals surface area contributed by atoms with Crippen molar-refractivity contribution in [3.8, 4) is 11.6 Å². The maximum absolute atomic E-state index is 13.4. The summed E-state index contributed by atoms with van der Waals surface area (Å²) in [6.45, 7) is 2.75. The molecule has 1 saturated carbocycles. The predicted molar refractivity (Wildman–Crippen MR) is 79.7 cm³/mol. The van der Waals surface area contributed by atoms with Crippen molar-refractivity contribution in [3.05, 3.63) is 40.9 Å². The summed E-state index contributed by atoms with van der Waals surface area (Å²) in [4.78, 5) is 8.86. The van der Waals surface area contributed by atoms with Gasteiger partial charge < -0.3 is 10.1 Å². The number of ether oxygens (including phenoxy) is 1. The normalized spacial score (nSPS) is 14.0. The summed E-state index contributed by atoms with van der Waals surface area (Å²) in [5.41, 5.74) is 0. The summed E-state index contributed by atoms with van der Waals surface area (Å²) in [7, 11) is 0. The van der Waals surface area contributed by atoms with Crippen molar-refractivity contribution in [2.75, 3.05) is 11.9 Å². The van der Waals surface area contributed by atoms with Gasteiger partial charge in [-0.25, -0.2) is 9.37 Å². The minimum absolute atomic E-state index is 0.0667. The maximum atomic E-state index is 13.4. The summed E-state index contributed by atoms with van der Waals surface area (Å²) in [5.74, 6) is 2.16. The lowest BCUT2D eigenvalue weighted by Gasteiger charge is -2.10. The van der Waals surface area contributed by atoms with Crippen LogP contribution < -0.4 is 10.1 Å². The number of nitrogens with zero attached hydrogens (tertiary/aromatic N) is 2. The molecule has 0 radical (unpaired) electrons. The molecule has 0 bridgehead atoms. The van der Waals surface area contributed by atoms with E-state index < -0.39 is 5.82 Å². The molecule has 6 heteroatoms. The molecule has 1 fully saturated rings. The van der Waals surface area contributed by atoms with Gasteiger partial charge >= 0.3 is 0 Å². The van der Waals surface area contributed by atoms with Crippen LogP contribution in [0.1, 0.15) is 31.5 Å². The summed E-state index contributed by atoms with van der Waals surface area (Å²) in [6.07, 6.45) is 2.20. The molecule has 0 aliphatic heterocycles. The van der Waals surface area contributed by atoms with Crippen LogP contribution in [-0.4, -0.2) is 16.5 Å². The highest BCUT2D eigenvalue weighted by Crippen LogP contribution is 2.39. The average molecular weight is 308 g/mol. The first-order valence-electron chi connectivity index (χ1n) is 6.91. The minimum atomic E-state index is -0.516. The zero-order valence-electron chi connectivity index (χ0n) is 11.6. The minimum Gasteiger partial charge on any atom is -0.439 e. The fourth-order valence-corrected chi connectivity index (χ4v) is 2.07. The van der Waals surface area contributed by atoms with Gasteiger partial charge in [0.05, 0.1) is 5.02 Å². The lowest BCUT2D eigenvalue weighted by molar-refractivity contribution is 0.454. The van der Waals surface area contributed by atoms with Crippen LogP contribution in [0.2, 0.25) is 5.02 Å². The van der Waals surface area contributed by atoms with Crippen LogP contribution in [0.25, 0.3) is 0 Å². The maximum Gasteiger partial charge on any atom is 0.224 e. The Bertz CT molecular complexity index is 661. The number of benzene rings is 1. The molecule has 0 amide bonds. The Hall–Kier alpha value is -1.88. The van der Waals surface area contributed by atoms with Crippen LogP contribution in [0.3, 0.4) is 0 Å². The summed E-state index contributed by atoms with van der Waals surface area (Å²) in [5, 5.41) is 3.22. The molecular weight excluding hydrogens is 293 g/mol. The van der Waals surface area contributed by atoms with Crippen molar-refractivity contribution < 1.29 is 9.13 Å². The molecular formula is C15H15ClFN3O. The van der Waals surface area contributed by atoms with Gasteiger partial charge in [-0.05, 0) is 31.9 Å². The van der Waals surface area contributed by atoms with Gasteiger partial charge in [0.2, 0.25) is 5.88 Å². The second-order valence-corrected chi connectivity index (χ2v) is 5.34. The summed E-state index contributed by atoms with van der Waals surface area (Å²) < 4.78 is 19.1. The lowest BCUT2D eigenvalue weighted by Crippen LogP contribution is -2.04. The molecule has 0 spiro atoms. The average Bonchev–Trinajstić information content (AvgIpc) is 3.28. The topological polar surface area (TPSA) is 47.0 Å². The first-order valence-corrected chi connectivity index (χ1v) is 7.29. The Morgan fingerprint density at radius 1 is 1.33 bits per heavy atom. The van der Waals surface area contributed by atoms with Crippen LogP contribution in [0.4, 0.5) is 10.2 Å². The molecule has 3 rings (SSSR count). The molecule has 1 N–H and O–H groups in total. The van der Waals surface area contributed by atoms with E-state index in [-0.39, 0.29) is 5.02 Å². The number of rotatable bonds is 5. The lowest BCUT2D eigenvalue weighted by atomic mass is 10.3. The van der Waals surface area contributed by atoms with E-state index in [0.717, 1.165) is 31.0 Å². The number of aromatic nitrogens is 2. The quantitative estimate of drug-likeness (QED) is 0.891. The molecule has 1 aromatic heterocycles. The van der Waals surface area contributed by atoms with E-state index in [1.54, 1.807) is 12.1 Å². The molecule has 1 aromatic carbocycles. The fourth-order valence-electron chi connectivity index (χ4n) is 1.95. The fraction of sp³-hybridized carbons (Fsp3) is 0.333. The number of anilines is 1. The van der Waals surface area contributed by atoms with Crippen LogP contribution in [0, 0.1) is 5.82 Å². The van der Waals surface area contributed by atoms with Crippen molar-refractivity contribution in [2.45, 2.75) is 25.7 Å². The van der Waals surface area contributed by atoms with E-state index in [9.17, 15) is 4.39 Å². The summed E-state index contributed by atoms with van der Waals surface area (Å²) >= 11 is 5.66. The summed E-state index contributed by atoms with van der Waals surface area (Å²) in [6, 6.07) is 6.02. The SMILES string of the molecule is CCNc1cc(Oc2ccc(Cl)c(F)c2)nc(C2CC2)n1. The molecule has 21 heavy (non-hydrogen) atoms. The monoisotopic (exact) mass is 307 g/mol. The van der Waals surface area contributed by atoms with Crippen LogP contribution in [0.15, 0.2) is 24.3 Å². The molecule has 1 aliphatic carbocycles. The van der Waals surface area contributed by atoms with E-state index in [1.807, 2.05) is 6.92 Å². The van der Waals surface area contributed by atoms with Gasteiger partial charge in [-0.2, -0.15) is 4.98 Å². The second kappa shape index (κ2) is 5.85. The Balaban J connectivity index is 1.87. The molecule has 1 heterocycles. The van der Waals surface area contributed by atoms with Crippen LogP contribution >= 0.6 is 11.6 Å². The van der Waals surface area contributed by atoms with E-state index in [4.69, 9.17) is 16.3 Å². The van der Waals surface area contributed by atoms with Gasteiger partial charge in [0.15, 0.2) is 0 Å². The molecule has 4 nitrogen and oxygen atoms in total. The second-order valence-electron chi connectivity index (χ2n) is 4.93. The Morgan fingerprint density at radius 2 is 2.14 bits per heavy atom. The number of nitrogens with one attached hydrogen (secondary N) is 1. The molecule has 0 atom stereocenters. The van der Waals surface area contributed by atoms with Crippen molar-refractivity contribution in [1.82, 2.24) is 9.97 Å². The zero-order valence-corrected chi connectivity index (χ0v) is 12.3. The predicted octanol–water partition coefficient (Wildman–Crippen LogP) is 4.37. The van der Waals surface area contributed by atoms with Crippen molar-refractivity contribution >= 4 is 17.4 Å². The van der Waals surface area contributed by atoms with Crippen LogP contribution in [-0.2, 0) is 0 Å². The van der Waals surface area contributed by atoms with Crippen LogP contribution in [0.5, 0.6) is 11.6 Å². The molecule has 0 saturated heterocycles. The number of hydrogen-bond acceptors (Lipinski definition) is 4.